The zero-order chi connectivity index (χ0) is 16.7. The van der Waals surface area contributed by atoms with Crippen molar-refractivity contribution < 1.29 is 4.79 Å². The fraction of sp³-hybridized carbons (Fsp3) is 0.400. The van der Waals surface area contributed by atoms with Crippen LogP contribution < -0.4 is 5.32 Å². The summed E-state index contributed by atoms with van der Waals surface area (Å²) >= 11 is 0. The molecule has 0 saturated heterocycles. The van der Waals surface area contributed by atoms with E-state index in [1.54, 1.807) is 12.4 Å². The van der Waals surface area contributed by atoms with E-state index in [4.69, 9.17) is 0 Å². The molecule has 0 bridgehead atoms. The quantitative estimate of drug-likeness (QED) is 0.841. The van der Waals surface area contributed by atoms with Gasteiger partial charge in [-0.15, -0.1) is 0 Å². The van der Waals surface area contributed by atoms with Crippen LogP contribution in [0.3, 0.4) is 0 Å². The van der Waals surface area contributed by atoms with E-state index in [1.165, 1.54) is 5.56 Å². The van der Waals surface area contributed by atoms with Gasteiger partial charge in [0.1, 0.15) is 0 Å². The number of benzene rings is 1. The molecule has 2 rings (SSSR count). The summed E-state index contributed by atoms with van der Waals surface area (Å²) in [4.78, 5) is 16.8. The monoisotopic (exact) mass is 310 g/mol. The highest BCUT2D eigenvalue weighted by Gasteiger charge is 2.25. The molecule has 1 heterocycles. The summed E-state index contributed by atoms with van der Waals surface area (Å²) in [7, 11) is 0. The van der Waals surface area contributed by atoms with Crippen molar-refractivity contribution in [1.29, 1.82) is 0 Å². The van der Waals surface area contributed by atoms with E-state index in [2.05, 4.69) is 55.3 Å². The van der Waals surface area contributed by atoms with E-state index in [0.717, 1.165) is 18.4 Å². The summed E-state index contributed by atoms with van der Waals surface area (Å²) in [6.07, 6.45) is 5.44. The molecule has 0 radical (unpaired) electrons. The summed E-state index contributed by atoms with van der Waals surface area (Å²) in [5.74, 6) is 0.178. The average Bonchev–Trinajstić information content (AvgIpc) is 2.54. The van der Waals surface area contributed by atoms with Crippen LogP contribution in [0.2, 0.25) is 0 Å². The van der Waals surface area contributed by atoms with Gasteiger partial charge in [0.25, 0.3) is 0 Å². The minimum atomic E-state index is -0.150. The predicted octanol–water partition coefficient (Wildman–Crippen LogP) is 3.96. The van der Waals surface area contributed by atoms with Crippen molar-refractivity contribution in [1.82, 2.24) is 10.3 Å². The highest BCUT2D eigenvalue weighted by atomic mass is 16.1. The van der Waals surface area contributed by atoms with Crippen molar-refractivity contribution in [2.45, 2.75) is 45.6 Å². The van der Waals surface area contributed by atoms with E-state index in [9.17, 15) is 4.79 Å². The average molecular weight is 310 g/mol. The molecular formula is C20H26N2O. The summed E-state index contributed by atoms with van der Waals surface area (Å²) in [6.45, 7) is 6.22. The second-order valence-corrected chi connectivity index (χ2v) is 6.44. The molecule has 0 unspecified atom stereocenters. The molecule has 0 spiro atoms. The summed E-state index contributed by atoms with van der Waals surface area (Å²) in [6, 6.07) is 14.4. The lowest BCUT2D eigenvalue weighted by atomic mass is 9.88. The molecular weight excluding hydrogens is 284 g/mol. The minimum absolute atomic E-state index is 0.0913. The van der Waals surface area contributed by atoms with Crippen LogP contribution >= 0.6 is 0 Å². The Hall–Kier alpha value is -2.16. The second-order valence-electron chi connectivity index (χ2n) is 6.44. The lowest BCUT2D eigenvalue weighted by Crippen LogP contribution is -2.38. The first-order valence-corrected chi connectivity index (χ1v) is 8.32. The third-order valence-corrected chi connectivity index (χ3v) is 4.09. The number of aryl methyl sites for hydroxylation is 1. The van der Waals surface area contributed by atoms with Gasteiger partial charge in [0, 0.05) is 18.4 Å². The van der Waals surface area contributed by atoms with Crippen LogP contribution in [0.4, 0.5) is 0 Å². The van der Waals surface area contributed by atoms with Gasteiger partial charge in [0.05, 0.1) is 5.92 Å². The number of carbonyl (C=O) groups excluding carboxylic acids is 1. The molecule has 2 atom stereocenters. The Morgan fingerprint density at radius 3 is 2.43 bits per heavy atom. The molecule has 1 amide bonds. The van der Waals surface area contributed by atoms with Crippen molar-refractivity contribution >= 4 is 5.91 Å². The molecule has 3 nitrogen and oxygen atoms in total. The maximum atomic E-state index is 12.7. The van der Waals surface area contributed by atoms with Crippen LogP contribution in [0.1, 0.15) is 44.2 Å². The Balaban J connectivity index is 1.93. The number of hydrogen-bond donors (Lipinski definition) is 1. The third-order valence-electron chi connectivity index (χ3n) is 4.09. The smallest absolute Gasteiger partial charge is 0.228 e. The van der Waals surface area contributed by atoms with Crippen molar-refractivity contribution in [3.05, 3.63) is 66.0 Å². The van der Waals surface area contributed by atoms with E-state index < -0.39 is 0 Å². The highest BCUT2D eigenvalue weighted by molar-refractivity contribution is 5.84. The fourth-order valence-electron chi connectivity index (χ4n) is 2.83. The zero-order valence-corrected chi connectivity index (χ0v) is 14.2. The first kappa shape index (κ1) is 17.2. The molecule has 0 aliphatic carbocycles. The Morgan fingerprint density at radius 2 is 1.83 bits per heavy atom. The van der Waals surface area contributed by atoms with Gasteiger partial charge in [-0.1, -0.05) is 50.2 Å². The largest absolute Gasteiger partial charge is 0.353 e. The van der Waals surface area contributed by atoms with Gasteiger partial charge < -0.3 is 5.32 Å². The number of nitrogens with zero attached hydrogens (tertiary/aromatic N) is 1. The molecule has 0 fully saturated rings. The molecule has 23 heavy (non-hydrogen) atoms. The van der Waals surface area contributed by atoms with Gasteiger partial charge in [-0.2, -0.15) is 0 Å². The zero-order valence-electron chi connectivity index (χ0n) is 14.2. The van der Waals surface area contributed by atoms with E-state index in [1.807, 2.05) is 18.2 Å². The van der Waals surface area contributed by atoms with Crippen molar-refractivity contribution in [3.63, 3.8) is 0 Å². The first-order valence-electron chi connectivity index (χ1n) is 8.32. The fourth-order valence-corrected chi connectivity index (χ4v) is 2.83. The number of rotatable bonds is 7. The van der Waals surface area contributed by atoms with Crippen molar-refractivity contribution in [3.8, 4) is 0 Å². The van der Waals surface area contributed by atoms with Gasteiger partial charge in [-0.05, 0) is 42.9 Å². The van der Waals surface area contributed by atoms with Crippen LogP contribution in [0.15, 0.2) is 54.9 Å². The highest BCUT2D eigenvalue weighted by Crippen LogP contribution is 2.24. The van der Waals surface area contributed by atoms with E-state index in [-0.39, 0.29) is 23.8 Å². The summed E-state index contributed by atoms with van der Waals surface area (Å²) < 4.78 is 0. The molecule has 0 aliphatic heterocycles. The molecule has 1 N–H and O–H groups in total. The van der Waals surface area contributed by atoms with Gasteiger partial charge in [0.2, 0.25) is 5.91 Å². The molecule has 0 saturated carbocycles. The Kier molecular flexibility index (Phi) is 6.33. The van der Waals surface area contributed by atoms with Crippen molar-refractivity contribution in [2.24, 2.45) is 5.92 Å². The van der Waals surface area contributed by atoms with Crippen molar-refractivity contribution in [2.75, 3.05) is 0 Å². The Bertz CT molecular complexity index is 596. The summed E-state index contributed by atoms with van der Waals surface area (Å²) in [5.41, 5.74) is 2.29. The van der Waals surface area contributed by atoms with Gasteiger partial charge in [0.15, 0.2) is 0 Å². The maximum absolute atomic E-state index is 12.7. The Labute approximate surface area is 139 Å². The van der Waals surface area contributed by atoms with E-state index >= 15 is 0 Å². The second kappa shape index (κ2) is 8.47. The van der Waals surface area contributed by atoms with Crippen LogP contribution in [0, 0.1) is 5.92 Å². The first-order chi connectivity index (χ1) is 11.1. The lowest BCUT2D eigenvalue weighted by molar-refractivity contribution is -0.124. The predicted molar refractivity (Wildman–Crippen MR) is 94.2 cm³/mol. The topological polar surface area (TPSA) is 42.0 Å². The summed E-state index contributed by atoms with van der Waals surface area (Å²) in [5, 5.41) is 3.16. The number of pyridine rings is 1. The number of hydrogen-bond acceptors (Lipinski definition) is 2. The van der Waals surface area contributed by atoms with Gasteiger partial charge >= 0.3 is 0 Å². The van der Waals surface area contributed by atoms with Gasteiger partial charge in [-0.3, -0.25) is 9.78 Å². The van der Waals surface area contributed by atoms with E-state index in [0.29, 0.717) is 0 Å². The number of carbonyl (C=O) groups is 1. The standard InChI is InChI=1S/C20H26N2O/c1-15(2)19(18-10-7-13-21-14-18)20(23)22-16(3)11-12-17-8-5-4-6-9-17/h4-10,13-16,19H,11-12H2,1-3H3,(H,22,23)/t16-,19-/m0/s1. The molecule has 0 aliphatic rings. The van der Waals surface area contributed by atoms with Crippen LogP contribution in [0.25, 0.3) is 0 Å². The molecule has 2 aromatic rings. The SMILES string of the molecule is CC(C)[C@H](C(=O)N[C@@H](C)CCc1ccccc1)c1cccnc1. The maximum Gasteiger partial charge on any atom is 0.228 e. The number of nitrogens with one attached hydrogen (secondary N) is 1. The molecule has 1 aromatic heterocycles. The molecule has 122 valence electrons. The van der Waals surface area contributed by atoms with Gasteiger partial charge in [-0.25, -0.2) is 0 Å². The normalized spacial score (nSPS) is 13.6. The Morgan fingerprint density at radius 1 is 1.09 bits per heavy atom. The minimum Gasteiger partial charge on any atom is -0.353 e. The van der Waals surface area contributed by atoms with Crippen LogP contribution in [0.5, 0.6) is 0 Å². The molecule has 3 heteroatoms. The third kappa shape index (κ3) is 5.20. The number of aromatic nitrogens is 1. The van der Waals surface area contributed by atoms with Crippen LogP contribution in [-0.4, -0.2) is 16.9 Å². The van der Waals surface area contributed by atoms with Crippen LogP contribution in [-0.2, 0) is 11.2 Å². The number of amides is 1. The lowest BCUT2D eigenvalue weighted by Gasteiger charge is -2.23. The molecule has 1 aromatic carbocycles.